The zero-order valence-corrected chi connectivity index (χ0v) is 63.3. The SMILES string of the molecule is Cc1ccc(-n2c3c(c4oc5c(oc6c7sc8cc(C)ccc8c7n(-c7ccc(C)cc7)c56)c42)[Si](c2ccccc2)(c2ccccc2)c2cc(C)ccc2-3)cc1.Cc1ccc(-n2c3cc(C)ccc3c3sc4c5cc6sc7c(sc8c9ccc(C)cc9n(-c9ccc(C)cc9)c87)c6cc5sc4c32)cc1. The third-order valence-electron chi connectivity index (χ3n) is 22.1. The van der Waals surface area contributed by atoms with E-state index in [1.165, 1.54) is 179 Å². The molecule has 0 saturated heterocycles. The first-order chi connectivity index (χ1) is 50.8. The number of aryl methyl sites for hydroxylation is 8. The highest BCUT2D eigenvalue weighted by Gasteiger charge is 2.54. The van der Waals surface area contributed by atoms with E-state index >= 15 is 0 Å². The Balaban J connectivity index is 0.000000132. The Kier molecular flexibility index (Phi) is 12.9. The van der Waals surface area contributed by atoms with Crippen LogP contribution in [0.3, 0.4) is 0 Å². The highest BCUT2D eigenvalue weighted by molar-refractivity contribution is 7.38. The molecule has 498 valence electrons. The number of rotatable bonds is 6. The molecule has 0 bridgehead atoms. The lowest BCUT2D eigenvalue weighted by Crippen LogP contribution is -2.72. The minimum absolute atomic E-state index is 0.786. The van der Waals surface area contributed by atoms with Crippen LogP contribution in [0.5, 0.6) is 0 Å². The second kappa shape index (κ2) is 22.1. The molecule has 0 aliphatic carbocycles. The normalized spacial score (nSPS) is 13.1. The van der Waals surface area contributed by atoms with Crippen LogP contribution in [0.25, 0.3) is 169 Å². The highest BCUT2D eigenvalue weighted by atomic mass is 32.1. The lowest BCUT2D eigenvalue weighted by molar-refractivity contribution is 0.655. The first kappa shape index (κ1) is 60.7. The van der Waals surface area contributed by atoms with Gasteiger partial charge in [-0.25, -0.2) is 0 Å². The van der Waals surface area contributed by atoms with Crippen molar-refractivity contribution in [2.75, 3.05) is 0 Å². The Labute approximate surface area is 619 Å². The van der Waals surface area contributed by atoms with E-state index < -0.39 is 8.07 Å². The van der Waals surface area contributed by atoms with Crippen LogP contribution in [-0.2, 0) is 0 Å². The van der Waals surface area contributed by atoms with Gasteiger partial charge in [0.25, 0.3) is 0 Å². The summed E-state index contributed by atoms with van der Waals surface area (Å²) in [5.41, 5.74) is 29.0. The number of hydrogen-bond donors (Lipinski definition) is 0. The largest absolute Gasteiger partial charge is 0.449 e. The van der Waals surface area contributed by atoms with Crippen molar-refractivity contribution in [3.63, 3.8) is 0 Å². The van der Waals surface area contributed by atoms with Crippen LogP contribution in [0.1, 0.15) is 44.5 Å². The van der Waals surface area contributed by atoms with E-state index in [1.54, 1.807) is 11.3 Å². The topological polar surface area (TPSA) is 46.0 Å². The van der Waals surface area contributed by atoms with Gasteiger partial charge in [0, 0.05) is 69.0 Å². The molecule has 1 aliphatic rings. The molecule has 6 nitrogen and oxygen atoms in total. The summed E-state index contributed by atoms with van der Waals surface area (Å²) in [6, 6.07) is 90.8. The molecule has 12 heterocycles. The Morgan fingerprint density at radius 2 is 0.663 bits per heavy atom. The van der Waals surface area contributed by atoms with Gasteiger partial charge < -0.3 is 27.1 Å². The van der Waals surface area contributed by atoms with Crippen molar-refractivity contribution < 1.29 is 8.83 Å². The molecule has 0 unspecified atom stereocenters. The molecular weight excluding hydrogens is 1380 g/mol. The predicted octanol–water partition coefficient (Wildman–Crippen LogP) is 24.8. The van der Waals surface area contributed by atoms with Gasteiger partial charge in [0.2, 0.25) is 0 Å². The van der Waals surface area contributed by atoms with Crippen molar-refractivity contribution in [1.82, 2.24) is 18.3 Å². The standard InChI is InChI=1S/C50H36N2O2SSi.C42H28N2S4/c1-29-15-21-33(22-16-29)51-41-37-25-19-31(3)27-39(37)55-49(41)47-43(51)45-46(53-47)44-48(54-45)50-42(52(44)34-23-17-30(2)18-24-34)38-26-20-32(4)28-40(38)56(50,35-11-7-5-8-12-35)36-13-9-6-10-14-36;1-21-5-11-25(12-6-21)43-31-17-23(3)9-15-27(31)37-35(43)41-39(47-37)29-19-34-30(20-33(29)45-41)40-42(46-34)36-38(48-40)28-16-10-24(4)18-32(28)44(36)26-13-7-22(2)8-14-26/h5-28H,1-4H3;5-20H,1-4H3. The van der Waals surface area contributed by atoms with Gasteiger partial charge in [0.05, 0.1) is 66.2 Å². The quantitative estimate of drug-likeness (QED) is 0.156. The zero-order valence-electron chi connectivity index (χ0n) is 58.2. The van der Waals surface area contributed by atoms with Crippen molar-refractivity contribution in [2.24, 2.45) is 0 Å². The van der Waals surface area contributed by atoms with Crippen molar-refractivity contribution in [3.05, 3.63) is 287 Å². The predicted molar refractivity (Wildman–Crippen MR) is 452 cm³/mol. The lowest BCUT2D eigenvalue weighted by Gasteiger charge is -2.30. The van der Waals surface area contributed by atoms with Gasteiger partial charge >= 0.3 is 0 Å². The van der Waals surface area contributed by atoms with E-state index in [4.69, 9.17) is 8.83 Å². The average Bonchev–Trinajstić information content (AvgIpc) is 1.48. The minimum atomic E-state index is -2.95. The van der Waals surface area contributed by atoms with Gasteiger partial charge in [-0.15, -0.1) is 56.7 Å². The van der Waals surface area contributed by atoms with Gasteiger partial charge in [0.15, 0.2) is 30.4 Å². The molecule has 0 N–H and O–H groups in total. The van der Waals surface area contributed by atoms with Crippen LogP contribution in [0, 0.1) is 55.4 Å². The maximum atomic E-state index is 7.55. The fourth-order valence-electron chi connectivity index (χ4n) is 17.2. The minimum Gasteiger partial charge on any atom is -0.449 e. The summed E-state index contributed by atoms with van der Waals surface area (Å²) < 4.78 is 38.3. The van der Waals surface area contributed by atoms with Crippen molar-refractivity contribution in [2.45, 2.75) is 55.4 Å². The van der Waals surface area contributed by atoms with Crippen LogP contribution in [0.4, 0.5) is 0 Å². The van der Waals surface area contributed by atoms with E-state index in [0.29, 0.717) is 0 Å². The van der Waals surface area contributed by atoms with E-state index in [0.717, 1.165) is 55.0 Å². The van der Waals surface area contributed by atoms with Gasteiger partial charge in [-0.05, 0) is 172 Å². The Bertz CT molecular complexity index is 7150. The van der Waals surface area contributed by atoms with Gasteiger partial charge in [0.1, 0.15) is 11.0 Å². The van der Waals surface area contributed by atoms with Crippen molar-refractivity contribution in [1.29, 1.82) is 0 Å². The molecule has 0 atom stereocenters. The number of thiophene rings is 5. The number of fused-ring (bicyclic) bond motifs is 27. The van der Waals surface area contributed by atoms with Crippen LogP contribution in [-0.4, -0.2) is 26.3 Å². The first-order valence-electron chi connectivity index (χ1n) is 35.5. The second-order valence-corrected chi connectivity index (χ2v) is 37.8. The average molecular weight is 1450 g/mol. The van der Waals surface area contributed by atoms with E-state index in [1.807, 2.05) is 45.3 Å². The molecule has 0 spiro atoms. The smallest absolute Gasteiger partial charge is 0.200 e. The molecule has 0 amide bonds. The summed E-state index contributed by atoms with van der Waals surface area (Å²) in [6.07, 6.45) is 0. The molecule has 11 aromatic carbocycles. The van der Waals surface area contributed by atoms with Crippen LogP contribution >= 0.6 is 56.7 Å². The molecule has 22 aromatic rings. The molecule has 23 rings (SSSR count). The Morgan fingerprint density at radius 3 is 1.16 bits per heavy atom. The fraction of sp³-hybridized carbons (Fsp3) is 0.0870. The fourth-order valence-corrected chi connectivity index (χ4v) is 29.4. The maximum absolute atomic E-state index is 7.55. The highest BCUT2D eigenvalue weighted by Crippen LogP contribution is 2.55. The maximum Gasteiger partial charge on any atom is 0.200 e. The van der Waals surface area contributed by atoms with Crippen LogP contribution in [0.15, 0.2) is 251 Å². The van der Waals surface area contributed by atoms with Gasteiger partial charge in [-0.1, -0.05) is 192 Å². The van der Waals surface area contributed by atoms with Crippen molar-refractivity contribution >= 4 is 220 Å². The summed E-state index contributed by atoms with van der Waals surface area (Å²) in [6.45, 7) is 17.4. The Hall–Kier alpha value is -10.8. The summed E-state index contributed by atoms with van der Waals surface area (Å²) in [5, 5.41) is 12.0. The molecule has 0 fully saturated rings. The third-order valence-corrected chi connectivity index (χ3v) is 33.1. The number of aromatic nitrogens is 4. The van der Waals surface area contributed by atoms with Crippen LogP contribution in [0.2, 0.25) is 0 Å². The molecule has 0 saturated carbocycles. The summed E-state index contributed by atoms with van der Waals surface area (Å²) in [7, 11) is -2.95. The number of benzene rings is 11. The van der Waals surface area contributed by atoms with Crippen molar-refractivity contribution in [3.8, 4) is 34.0 Å². The van der Waals surface area contributed by atoms with E-state index in [-0.39, 0.29) is 0 Å². The molecule has 1 aliphatic heterocycles. The monoisotopic (exact) mass is 1440 g/mol. The zero-order chi connectivity index (χ0) is 69.4. The number of nitrogens with zero attached hydrogens (tertiary/aromatic N) is 4. The summed E-state index contributed by atoms with van der Waals surface area (Å²) >= 11 is 9.67. The first-order valence-corrected chi connectivity index (χ1v) is 41.6. The van der Waals surface area contributed by atoms with E-state index in [9.17, 15) is 0 Å². The number of hydrogen-bond acceptors (Lipinski definition) is 7. The van der Waals surface area contributed by atoms with Gasteiger partial charge in [-0.2, -0.15) is 0 Å². The molecule has 12 heteroatoms. The lowest BCUT2D eigenvalue weighted by atomic mass is 10.1. The van der Waals surface area contributed by atoms with E-state index in [2.05, 4.69) is 316 Å². The molecule has 11 aromatic heterocycles. The second-order valence-electron chi connectivity index (χ2n) is 28.9. The molecule has 104 heavy (non-hydrogen) atoms. The van der Waals surface area contributed by atoms with Gasteiger partial charge in [-0.3, -0.25) is 0 Å². The Morgan fingerprint density at radius 1 is 0.269 bits per heavy atom. The number of furan rings is 2. The summed E-state index contributed by atoms with van der Waals surface area (Å²) in [4.78, 5) is 0. The third kappa shape index (κ3) is 8.40. The van der Waals surface area contributed by atoms with Crippen LogP contribution < -0.4 is 20.7 Å². The summed E-state index contributed by atoms with van der Waals surface area (Å²) in [5.74, 6) is 0. The molecule has 0 radical (unpaired) electrons. The molecular formula is C92H64N4O2S5Si.